The number of nitrogens with one attached hydrogen (secondary N) is 2. The molecule has 1 aromatic heterocycles. The first-order chi connectivity index (χ1) is 12.6. The number of nitrogens with zero attached hydrogens (tertiary/aromatic N) is 4. The van der Waals surface area contributed by atoms with Gasteiger partial charge in [-0.2, -0.15) is 0 Å². The molecule has 0 saturated carbocycles. The summed E-state index contributed by atoms with van der Waals surface area (Å²) in [6.45, 7) is 2.73. The topological polar surface area (TPSA) is 75.1 Å². The smallest absolute Gasteiger partial charge is 0.273 e. The first-order valence-corrected chi connectivity index (χ1v) is 9.24. The van der Waals surface area contributed by atoms with Crippen LogP contribution in [0.3, 0.4) is 0 Å². The second-order valence-electron chi connectivity index (χ2n) is 7.19. The molecule has 0 bridgehead atoms. The van der Waals surface area contributed by atoms with Gasteiger partial charge in [0.2, 0.25) is 0 Å². The van der Waals surface area contributed by atoms with Gasteiger partial charge in [-0.05, 0) is 52.0 Å². The van der Waals surface area contributed by atoms with Crippen molar-refractivity contribution >= 4 is 5.91 Å². The van der Waals surface area contributed by atoms with Crippen LogP contribution < -0.4 is 10.6 Å². The number of likely N-dealkylation sites (N-methyl/N-ethyl adjacent to an activating group) is 1. The molecule has 1 atom stereocenters. The minimum atomic E-state index is -0.159. The predicted molar refractivity (Wildman–Crippen MR) is 101 cm³/mol. The number of carbonyl (C=O) groups excluding carboxylic acids is 1. The van der Waals surface area contributed by atoms with Crippen molar-refractivity contribution in [3.8, 4) is 0 Å². The first-order valence-electron chi connectivity index (χ1n) is 9.24. The van der Waals surface area contributed by atoms with E-state index in [2.05, 4.69) is 38.0 Å². The molecule has 2 aromatic rings. The van der Waals surface area contributed by atoms with Gasteiger partial charge in [-0.1, -0.05) is 35.5 Å². The maximum Gasteiger partial charge on any atom is 0.273 e. The first kappa shape index (κ1) is 18.5. The number of hydrogen-bond acceptors (Lipinski definition) is 5. The Bertz CT molecular complexity index is 693. The maximum atomic E-state index is 12.7. The predicted octanol–water partition coefficient (Wildman–Crippen LogP) is 1.11. The summed E-state index contributed by atoms with van der Waals surface area (Å²) in [6, 6.07) is 10.6. The van der Waals surface area contributed by atoms with Gasteiger partial charge in [0, 0.05) is 12.6 Å². The Balaban J connectivity index is 1.64. The van der Waals surface area contributed by atoms with Gasteiger partial charge in [0.15, 0.2) is 5.69 Å². The number of hydrogen-bond donors (Lipinski definition) is 2. The number of amides is 1. The van der Waals surface area contributed by atoms with Crippen LogP contribution in [0.5, 0.6) is 0 Å². The van der Waals surface area contributed by atoms with E-state index in [1.807, 2.05) is 37.0 Å². The Morgan fingerprint density at radius 1 is 1.31 bits per heavy atom. The molecule has 1 saturated heterocycles. The third-order valence-corrected chi connectivity index (χ3v) is 4.67. The third-order valence-electron chi connectivity index (χ3n) is 4.67. The molecule has 2 N–H and O–H groups in total. The Labute approximate surface area is 154 Å². The van der Waals surface area contributed by atoms with Crippen molar-refractivity contribution in [3.63, 3.8) is 0 Å². The Morgan fingerprint density at radius 2 is 2.04 bits per heavy atom. The van der Waals surface area contributed by atoms with Crippen molar-refractivity contribution in [2.24, 2.45) is 0 Å². The molecule has 2 heterocycles. The van der Waals surface area contributed by atoms with Gasteiger partial charge in [0.1, 0.15) is 0 Å². The molecule has 140 valence electrons. The van der Waals surface area contributed by atoms with Crippen LogP contribution >= 0.6 is 0 Å². The monoisotopic (exact) mass is 356 g/mol. The number of aromatic nitrogens is 3. The molecule has 7 heteroatoms. The lowest BCUT2D eigenvalue weighted by Gasteiger charge is -2.22. The molecule has 0 radical (unpaired) electrons. The van der Waals surface area contributed by atoms with Gasteiger partial charge in [-0.3, -0.25) is 4.79 Å². The number of carbonyl (C=O) groups is 1. The fraction of sp³-hybridized carbons (Fsp3) is 0.526. The van der Waals surface area contributed by atoms with Gasteiger partial charge < -0.3 is 15.5 Å². The molecule has 1 aliphatic rings. The number of piperidine rings is 1. The summed E-state index contributed by atoms with van der Waals surface area (Å²) in [6.07, 6.45) is 4.59. The highest BCUT2D eigenvalue weighted by Crippen LogP contribution is 2.17. The number of benzene rings is 1. The van der Waals surface area contributed by atoms with Crippen molar-refractivity contribution in [2.75, 3.05) is 33.7 Å². The molecule has 7 nitrogen and oxygen atoms in total. The van der Waals surface area contributed by atoms with E-state index in [9.17, 15) is 4.79 Å². The van der Waals surface area contributed by atoms with E-state index in [0.29, 0.717) is 11.7 Å². The molecular formula is C19H28N6O. The molecule has 1 aliphatic heterocycles. The highest BCUT2D eigenvalue weighted by atomic mass is 16.2. The van der Waals surface area contributed by atoms with Crippen molar-refractivity contribution in [1.29, 1.82) is 0 Å². The average Bonchev–Trinajstić information content (AvgIpc) is 3.13. The average molecular weight is 356 g/mol. The Morgan fingerprint density at radius 3 is 2.73 bits per heavy atom. The lowest BCUT2D eigenvalue weighted by Crippen LogP contribution is -2.43. The SMILES string of the molecule is CN(C)CC(Cc1ccccc1)NC(=O)c1cn(C2CCNCC2)nn1. The van der Waals surface area contributed by atoms with Crippen molar-refractivity contribution in [1.82, 2.24) is 30.5 Å². The zero-order chi connectivity index (χ0) is 18.4. The summed E-state index contributed by atoms with van der Waals surface area (Å²) in [7, 11) is 4.02. The van der Waals surface area contributed by atoms with E-state index in [1.165, 1.54) is 5.56 Å². The van der Waals surface area contributed by atoms with Crippen molar-refractivity contribution in [2.45, 2.75) is 31.3 Å². The largest absolute Gasteiger partial charge is 0.346 e. The van der Waals surface area contributed by atoms with Crippen LogP contribution in [0.15, 0.2) is 36.5 Å². The second-order valence-corrected chi connectivity index (χ2v) is 7.19. The molecule has 0 spiro atoms. The fourth-order valence-corrected chi connectivity index (χ4v) is 3.39. The zero-order valence-corrected chi connectivity index (χ0v) is 15.6. The standard InChI is InChI=1S/C19H28N6O/c1-24(2)13-16(12-15-6-4-3-5-7-15)21-19(26)18-14-25(23-22-18)17-8-10-20-11-9-17/h3-7,14,16-17,20H,8-13H2,1-2H3,(H,21,26). The van der Waals surface area contributed by atoms with Gasteiger partial charge in [-0.25, -0.2) is 4.68 Å². The molecular weight excluding hydrogens is 328 g/mol. The van der Waals surface area contributed by atoms with Gasteiger partial charge in [0.25, 0.3) is 5.91 Å². The van der Waals surface area contributed by atoms with E-state index in [0.717, 1.165) is 38.9 Å². The lowest BCUT2D eigenvalue weighted by molar-refractivity contribution is 0.0925. The van der Waals surface area contributed by atoms with E-state index in [4.69, 9.17) is 0 Å². The molecule has 3 rings (SSSR count). The summed E-state index contributed by atoms with van der Waals surface area (Å²) in [5.74, 6) is -0.159. The van der Waals surface area contributed by atoms with Crippen LogP contribution in [0.1, 0.15) is 34.9 Å². The summed E-state index contributed by atoms with van der Waals surface area (Å²) in [4.78, 5) is 14.7. The highest BCUT2D eigenvalue weighted by molar-refractivity contribution is 5.92. The molecule has 1 amide bonds. The molecule has 0 aliphatic carbocycles. The second kappa shape index (κ2) is 8.91. The summed E-state index contributed by atoms with van der Waals surface area (Å²) in [5, 5.41) is 14.7. The van der Waals surface area contributed by atoms with Crippen molar-refractivity contribution < 1.29 is 4.79 Å². The van der Waals surface area contributed by atoms with Gasteiger partial charge >= 0.3 is 0 Å². The van der Waals surface area contributed by atoms with Gasteiger partial charge in [-0.15, -0.1) is 5.10 Å². The van der Waals surface area contributed by atoms with Gasteiger partial charge in [0.05, 0.1) is 12.2 Å². The fourth-order valence-electron chi connectivity index (χ4n) is 3.39. The summed E-state index contributed by atoms with van der Waals surface area (Å²) >= 11 is 0. The van der Waals surface area contributed by atoms with E-state index in [1.54, 1.807) is 6.20 Å². The Hall–Kier alpha value is -2.25. The van der Waals surface area contributed by atoms with Crippen LogP contribution in [0.4, 0.5) is 0 Å². The quantitative estimate of drug-likeness (QED) is 0.777. The van der Waals surface area contributed by atoms with E-state index < -0.39 is 0 Å². The van der Waals surface area contributed by atoms with Crippen LogP contribution in [0.25, 0.3) is 0 Å². The summed E-state index contributed by atoms with van der Waals surface area (Å²) < 4.78 is 1.84. The van der Waals surface area contributed by atoms with Crippen LogP contribution in [0, 0.1) is 0 Å². The lowest BCUT2D eigenvalue weighted by atomic mass is 10.1. The molecule has 26 heavy (non-hydrogen) atoms. The molecule has 1 unspecified atom stereocenters. The van der Waals surface area contributed by atoms with E-state index in [-0.39, 0.29) is 11.9 Å². The normalized spacial score (nSPS) is 16.6. The van der Waals surface area contributed by atoms with Crippen molar-refractivity contribution in [3.05, 3.63) is 47.8 Å². The Kier molecular flexibility index (Phi) is 6.35. The zero-order valence-electron chi connectivity index (χ0n) is 15.6. The third kappa shape index (κ3) is 5.12. The minimum absolute atomic E-state index is 0.0175. The highest BCUT2D eigenvalue weighted by Gasteiger charge is 2.21. The molecule has 1 aromatic carbocycles. The maximum absolute atomic E-state index is 12.7. The molecule has 1 fully saturated rings. The van der Waals surface area contributed by atoms with Crippen LogP contribution in [0.2, 0.25) is 0 Å². The summed E-state index contributed by atoms with van der Waals surface area (Å²) in [5.41, 5.74) is 1.60. The van der Waals surface area contributed by atoms with Crippen LogP contribution in [-0.2, 0) is 6.42 Å². The number of rotatable bonds is 7. The van der Waals surface area contributed by atoms with E-state index >= 15 is 0 Å². The minimum Gasteiger partial charge on any atom is -0.346 e. The van der Waals surface area contributed by atoms with Crippen LogP contribution in [-0.4, -0.2) is 65.6 Å².